The Balaban J connectivity index is 2.25. The second-order valence-electron chi connectivity index (χ2n) is 6.04. The second kappa shape index (κ2) is 12.3. The first-order valence-corrected chi connectivity index (χ1v) is 8.75. The number of ether oxygens (including phenoxy) is 2. The van der Waals surface area contributed by atoms with Gasteiger partial charge in [0.1, 0.15) is 6.04 Å². The molecule has 0 unspecified atom stereocenters. The van der Waals surface area contributed by atoms with E-state index in [1.807, 2.05) is 0 Å². The standard InChI is InChI=1S/C17H32N2O4/c1-22-13-6-3-4-10-16(20)19-12-8-9-15(19)17(21)18-11-5-7-14-23-2/h15H,3-14H2,1-2H3,(H,18,21)/t15-/m0/s1. The van der Waals surface area contributed by atoms with Gasteiger partial charge in [-0.2, -0.15) is 0 Å². The van der Waals surface area contributed by atoms with E-state index >= 15 is 0 Å². The summed E-state index contributed by atoms with van der Waals surface area (Å²) in [5, 5.41) is 2.95. The first kappa shape index (κ1) is 19.9. The molecule has 1 rings (SSSR count). The molecule has 6 nitrogen and oxygen atoms in total. The zero-order valence-electron chi connectivity index (χ0n) is 14.6. The fourth-order valence-electron chi connectivity index (χ4n) is 2.88. The summed E-state index contributed by atoms with van der Waals surface area (Å²) < 4.78 is 9.99. The summed E-state index contributed by atoms with van der Waals surface area (Å²) in [5.41, 5.74) is 0. The van der Waals surface area contributed by atoms with Crippen molar-refractivity contribution in [3.63, 3.8) is 0 Å². The molecule has 1 heterocycles. The van der Waals surface area contributed by atoms with E-state index < -0.39 is 0 Å². The fraction of sp³-hybridized carbons (Fsp3) is 0.882. The molecule has 1 N–H and O–H groups in total. The van der Waals surface area contributed by atoms with Crippen LogP contribution in [0.15, 0.2) is 0 Å². The van der Waals surface area contributed by atoms with E-state index in [4.69, 9.17) is 9.47 Å². The molecule has 1 atom stereocenters. The van der Waals surface area contributed by atoms with Crippen LogP contribution in [0.5, 0.6) is 0 Å². The lowest BCUT2D eigenvalue weighted by Gasteiger charge is -2.24. The fourth-order valence-corrected chi connectivity index (χ4v) is 2.88. The Hall–Kier alpha value is -1.14. The molecule has 2 amide bonds. The van der Waals surface area contributed by atoms with Crippen molar-refractivity contribution in [3.8, 4) is 0 Å². The monoisotopic (exact) mass is 328 g/mol. The van der Waals surface area contributed by atoms with Crippen molar-refractivity contribution < 1.29 is 19.1 Å². The molecule has 0 spiro atoms. The Morgan fingerprint density at radius 3 is 2.43 bits per heavy atom. The molecule has 23 heavy (non-hydrogen) atoms. The van der Waals surface area contributed by atoms with Crippen molar-refractivity contribution in [3.05, 3.63) is 0 Å². The summed E-state index contributed by atoms with van der Waals surface area (Å²) in [5.74, 6) is 0.104. The van der Waals surface area contributed by atoms with E-state index in [-0.39, 0.29) is 17.9 Å². The quantitative estimate of drug-likeness (QED) is 0.554. The van der Waals surface area contributed by atoms with Gasteiger partial charge in [0.25, 0.3) is 0 Å². The molecule has 1 saturated heterocycles. The van der Waals surface area contributed by atoms with E-state index in [2.05, 4.69) is 5.32 Å². The number of carbonyl (C=O) groups excluding carboxylic acids is 2. The van der Waals surface area contributed by atoms with Gasteiger partial charge in [-0.05, 0) is 38.5 Å². The number of nitrogens with zero attached hydrogens (tertiary/aromatic N) is 1. The van der Waals surface area contributed by atoms with Crippen LogP contribution >= 0.6 is 0 Å². The van der Waals surface area contributed by atoms with Crippen LogP contribution in [0.4, 0.5) is 0 Å². The molecule has 0 bridgehead atoms. The maximum absolute atomic E-state index is 12.3. The predicted molar refractivity (Wildman–Crippen MR) is 89.2 cm³/mol. The molecule has 0 aromatic carbocycles. The number of unbranched alkanes of at least 4 members (excludes halogenated alkanes) is 3. The van der Waals surface area contributed by atoms with E-state index in [9.17, 15) is 9.59 Å². The van der Waals surface area contributed by atoms with Crippen LogP contribution in [0.1, 0.15) is 51.4 Å². The number of methoxy groups -OCH3 is 2. The number of likely N-dealkylation sites (tertiary alicyclic amines) is 1. The lowest BCUT2D eigenvalue weighted by atomic mass is 10.1. The Morgan fingerprint density at radius 2 is 1.74 bits per heavy atom. The molecular weight excluding hydrogens is 296 g/mol. The predicted octanol–water partition coefficient (Wildman–Crippen LogP) is 1.73. The third kappa shape index (κ3) is 7.79. The zero-order valence-corrected chi connectivity index (χ0v) is 14.6. The SMILES string of the molecule is COCCCCCC(=O)N1CCC[C@H]1C(=O)NCCCCOC. The Labute approximate surface area is 139 Å². The first-order chi connectivity index (χ1) is 11.2. The summed E-state index contributed by atoms with van der Waals surface area (Å²) in [6.45, 7) is 2.81. The van der Waals surface area contributed by atoms with Crippen LogP contribution < -0.4 is 5.32 Å². The average molecular weight is 328 g/mol. The minimum Gasteiger partial charge on any atom is -0.385 e. The summed E-state index contributed by atoms with van der Waals surface area (Å²) in [7, 11) is 3.36. The summed E-state index contributed by atoms with van der Waals surface area (Å²) in [6.07, 6.45) is 6.89. The molecule has 6 heteroatoms. The Bertz CT molecular complexity index is 317. The van der Waals surface area contributed by atoms with Crippen LogP contribution in [-0.4, -0.2) is 63.3 Å². The van der Waals surface area contributed by atoms with Gasteiger partial charge in [0.05, 0.1) is 0 Å². The molecule has 1 aliphatic rings. The minimum atomic E-state index is -0.274. The van der Waals surface area contributed by atoms with Gasteiger partial charge in [-0.25, -0.2) is 0 Å². The first-order valence-electron chi connectivity index (χ1n) is 8.75. The van der Waals surface area contributed by atoms with Gasteiger partial charge in [0.15, 0.2) is 0 Å². The number of amides is 2. The highest BCUT2D eigenvalue weighted by molar-refractivity contribution is 5.88. The smallest absolute Gasteiger partial charge is 0.242 e. The molecule has 0 aromatic rings. The molecule has 1 aliphatic heterocycles. The van der Waals surface area contributed by atoms with Crippen LogP contribution in [0.2, 0.25) is 0 Å². The Morgan fingerprint density at radius 1 is 1.04 bits per heavy atom. The molecule has 134 valence electrons. The molecule has 0 saturated carbocycles. The number of hydrogen-bond donors (Lipinski definition) is 1. The van der Waals surface area contributed by atoms with Gasteiger partial charge in [0.2, 0.25) is 11.8 Å². The van der Waals surface area contributed by atoms with Crippen LogP contribution in [-0.2, 0) is 19.1 Å². The van der Waals surface area contributed by atoms with Gasteiger partial charge >= 0.3 is 0 Å². The lowest BCUT2D eigenvalue weighted by molar-refractivity contribution is -0.138. The van der Waals surface area contributed by atoms with Crippen molar-refractivity contribution in [2.24, 2.45) is 0 Å². The lowest BCUT2D eigenvalue weighted by Crippen LogP contribution is -2.46. The zero-order chi connectivity index (χ0) is 16.9. The number of carbonyl (C=O) groups is 2. The maximum Gasteiger partial charge on any atom is 0.242 e. The largest absolute Gasteiger partial charge is 0.385 e. The van der Waals surface area contributed by atoms with E-state index in [1.165, 1.54) is 0 Å². The summed E-state index contributed by atoms with van der Waals surface area (Å²) in [6, 6.07) is -0.274. The summed E-state index contributed by atoms with van der Waals surface area (Å²) in [4.78, 5) is 26.3. The van der Waals surface area contributed by atoms with Crippen molar-refractivity contribution in [1.82, 2.24) is 10.2 Å². The van der Waals surface area contributed by atoms with Gasteiger partial charge < -0.3 is 19.7 Å². The van der Waals surface area contributed by atoms with Crippen molar-refractivity contribution in [1.29, 1.82) is 0 Å². The van der Waals surface area contributed by atoms with Gasteiger partial charge in [0, 0.05) is 46.9 Å². The molecule has 0 aliphatic carbocycles. The third-order valence-electron chi connectivity index (χ3n) is 4.19. The normalized spacial score (nSPS) is 17.5. The van der Waals surface area contributed by atoms with Crippen molar-refractivity contribution in [2.75, 3.05) is 40.5 Å². The minimum absolute atomic E-state index is 0.00681. The number of hydrogen-bond acceptors (Lipinski definition) is 4. The topological polar surface area (TPSA) is 67.9 Å². The van der Waals surface area contributed by atoms with Crippen molar-refractivity contribution >= 4 is 11.8 Å². The summed E-state index contributed by atoms with van der Waals surface area (Å²) >= 11 is 0. The molecule has 0 aromatic heterocycles. The molecular formula is C17H32N2O4. The van der Waals surface area contributed by atoms with E-state index in [1.54, 1.807) is 19.1 Å². The third-order valence-corrected chi connectivity index (χ3v) is 4.19. The van der Waals surface area contributed by atoms with Crippen LogP contribution in [0, 0.1) is 0 Å². The van der Waals surface area contributed by atoms with Gasteiger partial charge in [-0.3, -0.25) is 9.59 Å². The molecule has 1 fully saturated rings. The van der Waals surface area contributed by atoms with Gasteiger partial charge in [-0.15, -0.1) is 0 Å². The van der Waals surface area contributed by atoms with E-state index in [0.29, 0.717) is 26.1 Å². The average Bonchev–Trinajstić information content (AvgIpc) is 3.04. The highest BCUT2D eigenvalue weighted by Gasteiger charge is 2.33. The van der Waals surface area contributed by atoms with Gasteiger partial charge in [-0.1, -0.05) is 6.42 Å². The van der Waals surface area contributed by atoms with Crippen LogP contribution in [0.25, 0.3) is 0 Å². The number of rotatable bonds is 12. The highest BCUT2D eigenvalue weighted by atomic mass is 16.5. The second-order valence-corrected chi connectivity index (χ2v) is 6.04. The number of nitrogens with one attached hydrogen (secondary N) is 1. The molecule has 0 radical (unpaired) electrons. The van der Waals surface area contributed by atoms with E-state index in [0.717, 1.165) is 51.6 Å². The highest BCUT2D eigenvalue weighted by Crippen LogP contribution is 2.19. The van der Waals surface area contributed by atoms with Crippen LogP contribution in [0.3, 0.4) is 0 Å². The van der Waals surface area contributed by atoms with Crippen molar-refractivity contribution in [2.45, 2.75) is 57.4 Å². The Kier molecular flexibility index (Phi) is 10.6. The maximum atomic E-state index is 12.3.